The maximum Gasteiger partial charge on any atom is 0.239 e. The average molecular weight is 205 g/mol. The molecule has 0 saturated heterocycles. The van der Waals surface area contributed by atoms with Crippen molar-refractivity contribution in [3.63, 3.8) is 0 Å². The van der Waals surface area contributed by atoms with E-state index in [-0.39, 0.29) is 12.0 Å². The lowest BCUT2D eigenvalue weighted by Gasteiger charge is -2.22. The maximum absolute atomic E-state index is 10.2. The van der Waals surface area contributed by atoms with Crippen molar-refractivity contribution in [3.05, 3.63) is 29.3 Å². The summed E-state index contributed by atoms with van der Waals surface area (Å²) >= 11 is 0. The Hall–Kier alpha value is -1.31. The first-order valence-corrected chi connectivity index (χ1v) is 5.04. The minimum Gasteiger partial charge on any atom is -0.485 e. The average Bonchev–Trinajstić information content (AvgIpc) is 2.14. The van der Waals surface area contributed by atoms with Crippen molar-refractivity contribution in [1.29, 1.82) is 0 Å². The zero-order valence-corrected chi connectivity index (χ0v) is 9.76. The van der Waals surface area contributed by atoms with Gasteiger partial charge in [-0.3, -0.25) is 4.79 Å². The van der Waals surface area contributed by atoms with Crippen LogP contribution in [0.2, 0.25) is 0 Å². The van der Waals surface area contributed by atoms with Gasteiger partial charge in [-0.2, -0.15) is 0 Å². The second-order valence-corrected chi connectivity index (χ2v) is 4.68. The molecule has 15 heavy (non-hydrogen) atoms. The van der Waals surface area contributed by atoms with E-state index in [0.29, 0.717) is 0 Å². The Morgan fingerprint density at radius 3 is 2.53 bits per heavy atom. The molecular formula is C13H17O2. The van der Waals surface area contributed by atoms with E-state index in [1.165, 1.54) is 5.56 Å². The fourth-order valence-electron chi connectivity index (χ4n) is 1.46. The van der Waals surface area contributed by atoms with Gasteiger partial charge in [-0.1, -0.05) is 38.5 Å². The molecule has 1 aromatic rings. The number of benzene rings is 1. The zero-order valence-electron chi connectivity index (χ0n) is 9.76. The molecule has 81 valence electrons. The third kappa shape index (κ3) is 3.08. The van der Waals surface area contributed by atoms with Crippen molar-refractivity contribution < 1.29 is 9.53 Å². The van der Waals surface area contributed by atoms with Crippen molar-refractivity contribution in [2.75, 3.05) is 6.61 Å². The second kappa shape index (κ2) is 4.47. The maximum atomic E-state index is 10.2. The number of hydrogen-bond acceptors (Lipinski definition) is 2. The van der Waals surface area contributed by atoms with Gasteiger partial charge in [-0.15, -0.1) is 0 Å². The van der Waals surface area contributed by atoms with Crippen LogP contribution in [-0.2, 0) is 10.2 Å². The molecule has 0 aromatic heterocycles. The van der Waals surface area contributed by atoms with Gasteiger partial charge in [-0.05, 0) is 24.0 Å². The summed E-state index contributed by atoms with van der Waals surface area (Å²) in [5.41, 5.74) is 2.34. The molecule has 1 aromatic carbocycles. The molecule has 0 N–H and O–H groups in total. The Kier molecular flexibility index (Phi) is 3.51. The van der Waals surface area contributed by atoms with Crippen molar-refractivity contribution in [2.45, 2.75) is 33.1 Å². The molecule has 2 heteroatoms. The van der Waals surface area contributed by atoms with E-state index in [9.17, 15) is 4.79 Å². The normalized spacial score (nSPS) is 11.2. The molecule has 0 amide bonds. The fraction of sp³-hybridized carbons (Fsp3) is 0.462. The van der Waals surface area contributed by atoms with Crippen LogP contribution in [0.3, 0.4) is 0 Å². The molecule has 0 aliphatic carbocycles. The van der Waals surface area contributed by atoms with Crippen LogP contribution in [0.25, 0.3) is 0 Å². The van der Waals surface area contributed by atoms with Crippen LogP contribution in [0.15, 0.2) is 18.2 Å². The van der Waals surface area contributed by atoms with E-state index in [1.807, 2.05) is 19.1 Å². The molecule has 0 heterocycles. The Morgan fingerprint density at radius 2 is 2.00 bits per heavy atom. The van der Waals surface area contributed by atoms with Crippen molar-refractivity contribution in [2.24, 2.45) is 0 Å². The van der Waals surface area contributed by atoms with E-state index in [0.717, 1.165) is 11.3 Å². The van der Waals surface area contributed by atoms with Crippen LogP contribution in [-0.4, -0.2) is 12.9 Å². The predicted molar refractivity (Wildman–Crippen MR) is 61.1 cm³/mol. The van der Waals surface area contributed by atoms with Crippen molar-refractivity contribution in [1.82, 2.24) is 0 Å². The van der Waals surface area contributed by atoms with Gasteiger partial charge in [0.05, 0.1) is 0 Å². The SMILES string of the molecule is Cc1ccc(OC[C]=O)c(C(C)(C)C)c1. The minimum atomic E-state index is -0.00780. The van der Waals surface area contributed by atoms with Gasteiger partial charge in [0, 0.05) is 0 Å². The molecule has 1 radical (unpaired) electrons. The topological polar surface area (TPSA) is 26.3 Å². The standard InChI is InChI=1S/C13H17O2/c1-10-5-6-12(15-8-7-14)11(9-10)13(2,3)4/h5-6,9H,8H2,1-4H3. The monoisotopic (exact) mass is 205 g/mol. The predicted octanol–water partition coefficient (Wildman–Crippen LogP) is 2.78. The number of ether oxygens (including phenoxy) is 1. The van der Waals surface area contributed by atoms with E-state index >= 15 is 0 Å². The number of rotatable bonds is 3. The summed E-state index contributed by atoms with van der Waals surface area (Å²) in [4.78, 5) is 10.2. The quantitative estimate of drug-likeness (QED) is 0.758. The summed E-state index contributed by atoms with van der Waals surface area (Å²) in [6.07, 6.45) is 1.74. The summed E-state index contributed by atoms with van der Waals surface area (Å²) in [5.74, 6) is 0.774. The second-order valence-electron chi connectivity index (χ2n) is 4.68. The van der Waals surface area contributed by atoms with E-state index < -0.39 is 0 Å². The summed E-state index contributed by atoms with van der Waals surface area (Å²) in [7, 11) is 0. The Labute approximate surface area is 91.3 Å². The van der Waals surface area contributed by atoms with Crippen LogP contribution in [0.5, 0.6) is 5.75 Å². The van der Waals surface area contributed by atoms with Crippen LogP contribution in [0, 0.1) is 6.92 Å². The largest absolute Gasteiger partial charge is 0.485 e. The highest BCUT2D eigenvalue weighted by Gasteiger charge is 2.18. The summed E-state index contributed by atoms with van der Waals surface area (Å²) in [5, 5.41) is 0. The Bertz CT molecular complexity index is 348. The molecule has 1 rings (SSSR count). The van der Waals surface area contributed by atoms with Crippen LogP contribution in [0.4, 0.5) is 0 Å². The highest BCUT2D eigenvalue weighted by atomic mass is 16.5. The molecule has 0 aliphatic rings. The van der Waals surface area contributed by atoms with Crippen LogP contribution >= 0.6 is 0 Å². The number of aryl methyl sites for hydroxylation is 1. The summed E-state index contributed by atoms with van der Waals surface area (Å²) in [6, 6.07) is 5.99. The van der Waals surface area contributed by atoms with Crippen molar-refractivity contribution in [3.8, 4) is 5.75 Å². The lowest BCUT2D eigenvalue weighted by Crippen LogP contribution is -2.14. The number of hydrogen-bond donors (Lipinski definition) is 0. The van der Waals surface area contributed by atoms with Gasteiger partial charge in [-0.25, -0.2) is 0 Å². The summed E-state index contributed by atoms with van der Waals surface area (Å²) < 4.78 is 5.34. The Morgan fingerprint density at radius 1 is 1.33 bits per heavy atom. The van der Waals surface area contributed by atoms with Gasteiger partial charge in [0.15, 0.2) is 6.61 Å². The van der Waals surface area contributed by atoms with Gasteiger partial charge >= 0.3 is 0 Å². The molecule has 0 aliphatic heterocycles. The third-order valence-electron chi connectivity index (χ3n) is 2.23. The van der Waals surface area contributed by atoms with Gasteiger partial charge in [0.2, 0.25) is 6.29 Å². The fourth-order valence-corrected chi connectivity index (χ4v) is 1.46. The molecule has 0 unspecified atom stereocenters. The van der Waals surface area contributed by atoms with E-state index in [1.54, 1.807) is 6.29 Å². The first-order chi connectivity index (χ1) is 6.95. The molecular weight excluding hydrogens is 188 g/mol. The van der Waals surface area contributed by atoms with Gasteiger partial charge < -0.3 is 4.74 Å². The lowest BCUT2D eigenvalue weighted by molar-refractivity contribution is 0.353. The molecule has 0 bridgehead atoms. The van der Waals surface area contributed by atoms with Gasteiger partial charge in [0.1, 0.15) is 5.75 Å². The molecule has 0 fully saturated rings. The Balaban J connectivity index is 3.09. The van der Waals surface area contributed by atoms with E-state index in [2.05, 4.69) is 26.8 Å². The lowest BCUT2D eigenvalue weighted by atomic mass is 9.85. The molecule has 2 nitrogen and oxygen atoms in total. The zero-order chi connectivity index (χ0) is 11.5. The third-order valence-corrected chi connectivity index (χ3v) is 2.23. The number of carbonyl (C=O) groups excluding carboxylic acids is 1. The minimum absolute atomic E-state index is 0.00780. The van der Waals surface area contributed by atoms with E-state index in [4.69, 9.17) is 4.74 Å². The smallest absolute Gasteiger partial charge is 0.239 e. The highest BCUT2D eigenvalue weighted by Crippen LogP contribution is 2.31. The molecule has 0 atom stereocenters. The first kappa shape index (κ1) is 11.8. The molecule has 0 spiro atoms. The van der Waals surface area contributed by atoms with Crippen LogP contribution in [0.1, 0.15) is 31.9 Å². The van der Waals surface area contributed by atoms with Crippen LogP contribution < -0.4 is 4.74 Å². The van der Waals surface area contributed by atoms with Crippen molar-refractivity contribution >= 4 is 6.29 Å². The highest BCUT2D eigenvalue weighted by molar-refractivity contribution is 5.53. The van der Waals surface area contributed by atoms with Gasteiger partial charge in [0.25, 0.3) is 0 Å². The molecule has 0 saturated carbocycles. The summed E-state index contributed by atoms with van der Waals surface area (Å²) in [6.45, 7) is 8.41. The first-order valence-electron chi connectivity index (χ1n) is 5.04.